The molecule has 1 aromatic heterocycles. The van der Waals surface area contributed by atoms with Gasteiger partial charge in [-0.1, -0.05) is 53.5 Å². The van der Waals surface area contributed by atoms with Gasteiger partial charge in [0.05, 0.1) is 10.6 Å². The summed E-state index contributed by atoms with van der Waals surface area (Å²) in [7, 11) is 0. The number of amides is 1. The van der Waals surface area contributed by atoms with Crippen LogP contribution >= 0.6 is 23.2 Å². The number of nitrogens with zero attached hydrogens (tertiary/aromatic N) is 3. The summed E-state index contributed by atoms with van der Waals surface area (Å²) in [6, 6.07) is 15.2. The second kappa shape index (κ2) is 10.1. The number of hydrogen-bond acceptors (Lipinski definition) is 6. The predicted molar refractivity (Wildman–Crippen MR) is 129 cm³/mol. The number of nitrogens with two attached hydrogens (primary N) is 1. The summed E-state index contributed by atoms with van der Waals surface area (Å²) in [5.41, 5.74) is 13.7. The second-order valence-electron chi connectivity index (χ2n) is 7.78. The lowest BCUT2D eigenvalue weighted by molar-refractivity contribution is 0.0962. The highest BCUT2D eigenvalue weighted by Gasteiger charge is 2.23. The van der Waals surface area contributed by atoms with Crippen LogP contribution < -0.4 is 21.5 Å². The number of piperidine rings is 1. The fourth-order valence-corrected chi connectivity index (χ4v) is 4.39. The van der Waals surface area contributed by atoms with Crippen molar-refractivity contribution in [2.75, 3.05) is 29.1 Å². The van der Waals surface area contributed by atoms with E-state index >= 15 is 0 Å². The maximum Gasteiger partial charge on any atom is 0.271 e. The smallest absolute Gasteiger partial charge is 0.271 e. The van der Waals surface area contributed by atoms with Gasteiger partial charge in [0.25, 0.3) is 5.91 Å². The van der Waals surface area contributed by atoms with Gasteiger partial charge in [-0.2, -0.15) is 0 Å². The molecule has 7 nitrogen and oxygen atoms in total. The Morgan fingerprint density at radius 3 is 2.56 bits per heavy atom. The summed E-state index contributed by atoms with van der Waals surface area (Å²) < 4.78 is 0. The molecule has 32 heavy (non-hydrogen) atoms. The molecule has 9 heteroatoms. The molecule has 0 spiro atoms. The van der Waals surface area contributed by atoms with Gasteiger partial charge in [-0.3, -0.25) is 15.6 Å². The van der Waals surface area contributed by atoms with Gasteiger partial charge >= 0.3 is 0 Å². The van der Waals surface area contributed by atoms with Crippen LogP contribution in [0.2, 0.25) is 10.0 Å². The van der Waals surface area contributed by atoms with Crippen molar-refractivity contribution in [3.05, 3.63) is 76.0 Å². The Morgan fingerprint density at radius 2 is 1.84 bits per heavy atom. The number of carbonyl (C=O) groups excluding carboxylic acids is 1. The molecule has 1 fully saturated rings. The quantitative estimate of drug-likeness (QED) is 0.456. The van der Waals surface area contributed by atoms with E-state index in [0.29, 0.717) is 28.3 Å². The summed E-state index contributed by atoms with van der Waals surface area (Å²) >= 11 is 12.0. The summed E-state index contributed by atoms with van der Waals surface area (Å²) in [6.45, 7) is 1.73. The molecule has 0 aliphatic carbocycles. The van der Waals surface area contributed by atoms with Crippen molar-refractivity contribution < 1.29 is 4.79 Å². The van der Waals surface area contributed by atoms with Gasteiger partial charge in [-0.25, -0.2) is 9.97 Å². The summed E-state index contributed by atoms with van der Waals surface area (Å²) in [5.74, 6) is 1.21. The molecule has 166 valence electrons. The molecule has 1 aliphatic rings. The zero-order chi connectivity index (χ0) is 22.5. The number of benzene rings is 2. The van der Waals surface area contributed by atoms with Gasteiger partial charge in [0.2, 0.25) is 0 Å². The Balaban J connectivity index is 1.37. The van der Waals surface area contributed by atoms with Crippen LogP contribution in [0.15, 0.2) is 54.9 Å². The number of aromatic nitrogens is 2. The van der Waals surface area contributed by atoms with E-state index in [2.05, 4.69) is 50.0 Å². The van der Waals surface area contributed by atoms with Gasteiger partial charge in [-0.15, -0.1) is 0 Å². The molecule has 0 radical (unpaired) electrons. The minimum absolute atomic E-state index is 0.256. The Labute approximate surface area is 196 Å². The Hall–Kier alpha value is -3.03. The van der Waals surface area contributed by atoms with E-state index in [9.17, 15) is 4.79 Å². The van der Waals surface area contributed by atoms with Crippen LogP contribution in [-0.4, -0.2) is 29.0 Å². The highest BCUT2D eigenvalue weighted by atomic mass is 35.5. The summed E-state index contributed by atoms with van der Waals surface area (Å²) in [6.07, 6.45) is 4.64. The van der Waals surface area contributed by atoms with Gasteiger partial charge in [-0.05, 0) is 48.9 Å². The summed E-state index contributed by atoms with van der Waals surface area (Å²) in [4.78, 5) is 23.2. The molecule has 2 aromatic carbocycles. The Bertz CT molecular complexity index is 1090. The summed E-state index contributed by atoms with van der Waals surface area (Å²) in [5, 5.41) is 0.711. The molecule has 1 saturated heterocycles. The first-order chi connectivity index (χ1) is 15.5. The van der Waals surface area contributed by atoms with Crippen LogP contribution in [-0.2, 0) is 6.42 Å². The molecule has 0 unspecified atom stereocenters. The third kappa shape index (κ3) is 5.23. The van der Waals surface area contributed by atoms with E-state index in [0.717, 1.165) is 32.4 Å². The molecule has 4 rings (SSSR count). The van der Waals surface area contributed by atoms with Gasteiger partial charge in [0.15, 0.2) is 11.6 Å². The Kier molecular flexibility index (Phi) is 6.97. The lowest BCUT2D eigenvalue weighted by Crippen LogP contribution is -2.36. The topological polar surface area (TPSA) is 96.2 Å². The van der Waals surface area contributed by atoms with E-state index < -0.39 is 5.91 Å². The van der Waals surface area contributed by atoms with Gasteiger partial charge in [0.1, 0.15) is 12.0 Å². The van der Waals surface area contributed by atoms with Crippen molar-refractivity contribution in [3.63, 3.8) is 0 Å². The van der Waals surface area contributed by atoms with Crippen molar-refractivity contribution in [1.29, 1.82) is 0 Å². The minimum atomic E-state index is -0.423. The van der Waals surface area contributed by atoms with E-state index in [1.54, 1.807) is 12.1 Å². The molecule has 1 aliphatic heterocycles. The molecule has 1 amide bonds. The van der Waals surface area contributed by atoms with Crippen LogP contribution in [0, 0.1) is 5.92 Å². The van der Waals surface area contributed by atoms with E-state index in [-0.39, 0.29) is 10.6 Å². The van der Waals surface area contributed by atoms with E-state index in [1.165, 1.54) is 18.0 Å². The fraction of sp³-hybridized carbons (Fsp3) is 0.261. The van der Waals surface area contributed by atoms with E-state index in [4.69, 9.17) is 28.9 Å². The molecule has 3 aromatic rings. The normalized spacial score (nSPS) is 14.2. The number of hydrazine groups is 1. The molecule has 4 N–H and O–H groups in total. The monoisotopic (exact) mass is 470 g/mol. The molecular weight excluding hydrogens is 447 g/mol. The molecule has 0 atom stereocenters. The average Bonchev–Trinajstić information content (AvgIpc) is 2.79. The van der Waals surface area contributed by atoms with Crippen molar-refractivity contribution in [1.82, 2.24) is 15.4 Å². The minimum Gasteiger partial charge on any atom is -0.393 e. The van der Waals surface area contributed by atoms with Crippen molar-refractivity contribution in [2.45, 2.75) is 19.3 Å². The number of nitrogens with one attached hydrogen (secondary N) is 2. The van der Waals surface area contributed by atoms with Gasteiger partial charge < -0.3 is 10.6 Å². The lowest BCUT2D eigenvalue weighted by Gasteiger charge is -2.33. The first-order valence-electron chi connectivity index (χ1n) is 10.4. The van der Waals surface area contributed by atoms with Crippen molar-refractivity contribution >= 4 is 46.4 Å². The lowest BCUT2D eigenvalue weighted by atomic mass is 9.90. The zero-order valence-corrected chi connectivity index (χ0v) is 18.9. The number of rotatable bonds is 6. The largest absolute Gasteiger partial charge is 0.393 e. The van der Waals surface area contributed by atoms with Crippen molar-refractivity contribution in [3.8, 4) is 0 Å². The highest BCUT2D eigenvalue weighted by Crippen LogP contribution is 2.30. The van der Waals surface area contributed by atoms with E-state index in [1.807, 2.05) is 6.07 Å². The number of hydrogen-bond donors (Lipinski definition) is 3. The standard InChI is InChI=1S/C23H24Cl2N6O/c24-17-6-7-18(19(25)13-17)23(32)30-29-21-20(26)22(28-14-27-21)31-10-8-16(9-11-31)12-15-4-2-1-3-5-15/h1-7,13-14,16H,8-12,26H2,(H,30,32)(H,27,28,29). The van der Waals surface area contributed by atoms with Crippen LogP contribution in [0.4, 0.5) is 17.3 Å². The number of anilines is 3. The van der Waals surface area contributed by atoms with Gasteiger partial charge in [0, 0.05) is 18.1 Å². The predicted octanol–water partition coefficient (Wildman–Crippen LogP) is 4.58. The fourth-order valence-electron chi connectivity index (χ4n) is 3.89. The molecular formula is C23H24Cl2N6O. The highest BCUT2D eigenvalue weighted by molar-refractivity contribution is 6.36. The number of nitrogen functional groups attached to an aromatic ring is 1. The Morgan fingerprint density at radius 1 is 1.09 bits per heavy atom. The molecule has 0 saturated carbocycles. The number of carbonyl (C=O) groups is 1. The average molecular weight is 471 g/mol. The van der Waals surface area contributed by atoms with Crippen LogP contribution in [0.1, 0.15) is 28.8 Å². The third-order valence-corrected chi connectivity index (χ3v) is 6.16. The first-order valence-corrected chi connectivity index (χ1v) is 11.2. The van der Waals surface area contributed by atoms with Crippen LogP contribution in [0.5, 0.6) is 0 Å². The second-order valence-corrected chi connectivity index (χ2v) is 8.63. The van der Waals surface area contributed by atoms with Crippen LogP contribution in [0.25, 0.3) is 0 Å². The first kappa shape index (κ1) is 22.2. The van der Waals surface area contributed by atoms with Crippen molar-refractivity contribution in [2.24, 2.45) is 5.92 Å². The molecule has 0 bridgehead atoms. The maximum absolute atomic E-state index is 12.4. The zero-order valence-electron chi connectivity index (χ0n) is 17.4. The number of halogens is 2. The third-order valence-electron chi connectivity index (χ3n) is 5.61. The molecule has 2 heterocycles. The SMILES string of the molecule is Nc1c(NNC(=O)c2ccc(Cl)cc2Cl)ncnc1N1CCC(Cc2ccccc2)CC1. The van der Waals surface area contributed by atoms with Crippen LogP contribution in [0.3, 0.4) is 0 Å². The maximum atomic E-state index is 12.4.